The summed E-state index contributed by atoms with van der Waals surface area (Å²) in [4.78, 5) is 11.4. The Bertz CT molecular complexity index is 593. The van der Waals surface area contributed by atoms with E-state index in [0.29, 0.717) is 6.07 Å². The van der Waals surface area contributed by atoms with Crippen molar-refractivity contribution in [2.75, 3.05) is 6.61 Å². The van der Waals surface area contributed by atoms with E-state index in [1.54, 1.807) is 0 Å². The monoisotopic (exact) mass is 323 g/mol. The molecule has 0 radical (unpaired) electrons. The third kappa shape index (κ3) is 4.87. The van der Waals surface area contributed by atoms with E-state index >= 15 is 0 Å². The van der Waals surface area contributed by atoms with Crippen LogP contribution in [0.15, 0.2) is 12.1 Å². The second kappa shape index (κ2) is 7.06. The fraction of sp³-hybridized carbons (Fsp3) is 0.385. The number of benzene rings is 1. The normalized spacial score (nSPS) is 11.2. The summed E-state index contributed by atoms with van der Waals surface area (Å²) in [5.41, 5.74) is -1.93. The summed E-state index contributed by atoms with van der Waals surface area (Å²) >= 11 is 0. The van der Waals surface area contributed by atoms with Gasteiger partial charge in [0.15, 0.2) is 0 Å². The molecule has 0 amide bonds. The smallest absolute Gasteiger partial charge is 0.466 e. The largest absolute Gasteiger partial charge is 0.573 e. The molecule has 9 heteroatoms. The van der Waals surface area contributed by atoms with Crippen molar-refractivity contribution in [2.24, 2.45) is 0 Å². The van der Waals surface area contributed by atoms with E-state index in [4.69, 9.17) is 5.26 Å². The number of hydrogen-bond acceptors (Lipinski definition) is 4. The van der Waals surface area contributed by atoms with Gasteiger partial charge in [-0.15, -0.1) is 13.2 Å². The summed E-state index contributed by atoms with van der Waals surface area (Å²) in [6.07, 6.45) is -9.26. The van der Waals surface area contributed by atoms with E-state index in [1.807, 2.05) is 0 Å². The number of carbonyl (C=O) groups is 1. The molecule has 0 bridgehead atoms. The first-order chi connectivity index (χ1) is 10.2. The van der Waals surface area contributed by atoms with Crippen molar-refractivity contribution in [3.8, 4) is 11.8 Å². The summed E-state index contributed by atoms with van der Waals surface area (Å²) in [5, 5.41) is 8.76. The van der Waals surface area contributed by atoms with Crippen LogP contribution in [-0.4, -0.2) is 18.9 Å². The lowest BCUT2D eigenvalue weighted by molar-refractivity contribution is -0.275. The summed E-state index contributed by atoms with van der Waals surface area (Å²) < 4.78 is 71.1. The van der Waals surface area contributed by atoms with Crippen LogP contribution in [0.1, 0.15) is 30.0 Å². The van der Waals surface area contributed by atoms with Gasteiger partial charge in [-0.1, -0.05) is 0 Å². The van der Waals surface area contributed by atoms with Crippen LogP contribution in [0.2, 0.25) is 0 Å². The van der Waals surface area contributed by atoms with Gasteiger partial charge >= 0.3 is 12.3 Å². The highest BCUT2D eigenvalue weighted by molar-refractivity contribution is 5.74. The quantitative estimate of drug-likeness (QED) is 0.615. The molecule has 0 aliphatic heterocycles. The molecule has 1 aromatic rings. The number of nitrogens with zero attached hydrogens (tertiary/aromatic N) is 1. The number of hydrogen-bond donors (Lipinski definition) is 0. The van der Waals surface area contributed by atoms with Gasteiger partial charge in [-0.25, -0.2) is 8.78 Å². The predicted molar refractivity (Wildman–Crippen MR) is 63.1 cm³/mol. The zero-order valence-electron chi connectivity index (χ0n) is 11.2. The maximum atomic E-state index is 12.9. The van der Waals surface area contributed by atoms with E-state index in [2.05, 4.69) is 9.47 Å². The molecule has 4 nitrogen and oxygen atoms in total. The molecule has 0 atom stereocenters. The minimum atomic E-state index is -5.22. The number of esters is 1. The van der Waals surface area contributed by atoms with Crippen molar-refractivity contribution >= 4 is 5.97 Å². The lowest BCUT2D eigenvalue weighted by Crippen LogP contribution is -2.20. The van der Waals surface area contributed by atoms with Crippen molar-refractivity contribution in [1.29, 1.82) is 5.26 Å². The van der Waals surface area contributed by atoms with Crippen LogP contribution in [0.3, 0.4) is 0 Å². The average molecular weight is 323 g/mol. The molecule has 0 saturated heterocycles. The van der Waals surface area contributed by atoms with Gasteiger partial charge in [0.25, 0.3) is 6.43 Å². The highest BCUT2D eigenvalue weighted by Crippen LogP contribution is 2.37. The summed E-state index contributed by atoms with van der Waals surface area (Å²) in [7, 11) is 0. The van der Waals surface area contributed by atoms with E-state index < -0.39 is 42.1 Å². The van der Waals surface area contributed by atoms with Gasteiger partial charge in [0.05, 0.1) is 30.2 Å². The van der Waals surface area contributed by atoms with Gasteiger partial charge in [0.2, 0.25) is 0 Å². The van der Waals surface area contributed by atoms with Crippen molar-refractivity contribution < 1.29 is 36.2 Å². The van der Waals surface area contributed by atoms with Gasteiger partial charge in [-0.05, 0) is 19.1 Å². The number of halogens is 5. The van der Waals surface area contributed by atoms with Gasteiger partial charge in [-0.3, -0.25) is 4.79 Å². The number of rotatable bonds is 5. The van der Waals surface area contributed by atoms with E-state index in [1.165, 1.54) is 13.0 Å². The molecule has 0 N–H and O–H groups in total. The first-order valence-corrected chi connectivity index (χ1v) is 5.94. The van der Waals surface area contributed by atoms with Gasteiger partial charge < -0.3 is 9.47 Å². The fourth-order valence-electron chi connectivity index (χ4n) is 1.68. The SMILES string of the molecule is CCOC(=O)Cc1cc(C#N)cc(C(F)F)c1OC(F)(F)F. The molecule has 120 valence electrons. The molecular formula is C13H10F5NO3. The molecule has 22 heavy (non-hydrogen) atoms. The van der Waals surface area contributed by atoms with E-state index in [0.717, 1.165) is 6.07 Å². The summed E-state index contributed by atoms with van der Waals surface area (Å²) in [5.74, 6) is -2.11. The predicted octanol–water partition coefficient (Wildman–Crippen LogP) is 3.50. The molecule has 0 fully saturated rings. The molecule has 0 spiro atoms. The lowest BCUT2D eigenvalue weighted by Gasteiger charge is -2.17. The third-order valence-electron chi connectivity index (χ3n) is 2.42. The van der Waals surface area contributed by atoms with Crippen LogP contribution in [0.5, 0.6) is 5.75 Å². The Balaban J connectivity index is 3.39. The Hall–Kier alpha value is -2.37. The van der Waals surface area contributed by atoms with Gasteiger partial charge in [0, 0.05) is 5.56 Å². The van der Waals surface area contributed by atoms with Gasteiger partial charge in [0.1, 0.15) is 5.75 Å². The zero-order valence-corrected chi connectivity index (χ0v) is 11.2. The molecule has 0 unspecified atom stereocenters. The Morgan fingerprint density at radius 2 is 2.00 bits per heavy atom. The first kappa shape index (κ1) is 17.7. The van der Waals surface area contributed by atoms with Crippen molar-refractivity contribution in [1.82, 2.24) is 0 Å². The Morgan fingerprint density at radius 1 is 1.36 bits per heavy atom. The Labute approximate surface area is 122 Å². The van der Waals surface area contributed by atoms with Crippen LogP contribution in [-0.2, 0) is 16.0 Å². The maximum absolute atomic E-state index is 12.9. The molecule has 1 rings (SSSR count). The summed E-state index contributed by atoms with van der Waals surface area (Å²) in [6.45, 7) is 1.44. The lowest BCUT2D eigenvalue weighted by atomic mass is 10.0. The standard InChI is InChI=1S/C13H10F5NO3/c1-2-21-10(20)5-8-3-7(6-19)4-9(12(14)15)11(8)22-13(16,17)18/h3-4,12H,2,5H2,1H3. The average Bonchev–Trinajstić information content (AvgIpc) is 2.38. The topological polar surface area (TPSA) is 59.3 Å². The zero-order chi connectivity index (χ0) is 16.9. The highest BCUT2D eigenvalue weighted by atomic mass is 19.4. The van der Waals surface area contributed by atoms with Crippen LogP contribution < -0.4 is 4.74 Å². The number of ether oxygens (including phenoxy) is 2. The number of alkyl halides is 5. The van der Waals surface area contributed by atoms with Crippen LogP contribution in [0.25, 0.3) is 0 Å². The minimum absolute atomic E-state index is 0.0338. The highest BCUT2D eigenvalue weighted by Gasteiger charge is 2.35. The first-order valence-electron chi connectivity index (χ1n) is 5.94. The van der Waals surface area contributed by atoms with Crippen LogP contribution in [0, 0.1) is 11.3 Å². The Kier molecular flexibility index (Phi) is 5.68. The van der Waals surface area contributed by atoms with Crippen molar-refractivity contribution in [3.63, 3.8) is 0 Å². The van der Waals surface area contributed by atoms with Crippen molar-refractivity contribution in [3.05, 3.63) is 28.8 Å². The number of carbonyl (C=O) groups excluding carboxylic acids is 1. The second-order valence-corrected chi connectivity index (χ2v) is 4.00. The minimum Gasteiger partial charge on any atom is -0.466 e. The number of nitriles is 1. The molecule has 0 aliphatic carbocycles. The van der Waals surface area contributed by atoms with E-state index in [9.17, 15) is 26.7 Å². The van der Waals surface area contributed by atoms with E-state index in [-0.39, 0.29) is 12.2 Å². The molecule has 0 saturated carbocycles. The maximum Gasteiger partial charge on any atom is 0.573 e. The van der Waals surface area contributed by atoms with Crippen molar-refractivity contribution in [2.45, 2.75) is 26.1 Å². The van der Waals surface area contributed by atoms with Gasteiger partial charge in [-0.2, -0.15) is 5.26 Å². The molecular weight excluding hydrogens is 313 g/mol. The van der Waals surface area contributed by atoms with Crippen LogP contribution >= 0.6 is 0 Å². The van der Waals surface area contributed by atoms with Crippen LogP contribution in [0.4, 0.5) is 22.0 Å². The third-order valence-corrected chi connectivity index (χ3v) is 2.42. The molecule has 0 heterocycles. The molecule has 0 aromatic heterocycles. The molecule has 0 aliphatic rings. The Morgan fingerprint density at radius 3 is 2.45 bits per heavy atom. The fourth-order valence-corrected chi connectivity index (χ4v) is 1.68. The molecule has 1 aromatic carbocycles. The summed E-state index contributed by atoms with van der Waals surface area (Å²) in [6, 6.07) is 3.00. The second-order valence-electron chi connectivity index (χ2n) is 4.00.